The first kappa shape index (κ1) is 13.9. The minimum absolute atomic E-state index is 0.0567. The van der Waals surface area contributed by atoms with Gasteiger partial charge in [-0.15, -0.1) is 0 Å². The van der Waals surface area contributed by atoms with E-state index in [4.69, 9.17) is 0 Å². The average Bonchev–Trinajstić information content (AvgIpc) is 2.42. The summed E-state index contributed by atoms with van der Waals surface area (Å²) in [6, 6.07) is 5.39. The molecule has 1 fully saturated rings. The summed E-state index contributed by atoms with van der Waals surface area (Å²) in [4.78, 5) is 12.3. The quantitative estimate of drug-likeness (QED) is 0.876. The van der Waals surface area contributed by atoms with Crippen molar-refractivity contribution < 1.29 is 9.90 Å². The molecule has 0 radical (unpaired) electrons. The van der Waals surface area contributed by atoms with Crippen molar-refractivity contribution in [2.75, 3.05) is 0 Å². The van der Waals surface area contributed by atoms with Gasteiger partial charge in [0.15, 0.2) is 0 Å². The van der Waals surface area contributed by atoms with Crippen LogP contribution in [-0.4, -0.2) is 17.1 Å². The number of hydrogen-bond donors (Lipinski definition) is 2. The average molecular weight is 261 g/mol. The van der Waals surface area contributed by atoms with Crippen LogP contribution in [0.4, 0.5) is 0 Å². The van der Waals surface area contributed by atoms with Gasteiger partial charge in [-0.05, 0) is 37.8 Å². The summed E-state index contributed by atoms with van der Waals surface area (Å²) < 4.78 is 0. The van der Waals surface area contributed by atoms with Crippen LogP contribution in [0.3, 0.4) is 0 Å². The van der Waals surface area contributed by atoms with E-state index < -0.39 is 0 Å². The summed E-state index contributed by atoms with van der Waals surface area (Å²) in [6.07, 6.45) is 5.86. The SMILES string of the molecule is CCC1CCCCC1NC(=O)c1cccc(O)c1C. The van der Waals surface area contributed by atoms with Crippen LogP contribution < -0.4 is 5.32 Å². The van der Waals surface area contributed by atoms with Crippen LogP contribution in [0.1, 0.15) is 54.9 Å². The smallest absolute Gasteiger partial charge is 0.251 e. The van der Waals surface area contributed by atoms with E-state index in [9.17, 15) is 9.90 Å². The number of phenolic OH excluding ortho intramolecular Hbond substituents is 1. The lowest BCUT2D eigenvalue weighted by Crippen LogP contribution is -2.42. The number of rotatable bonds is 3. The van der Waals surface area contributed by atoms with E-state index in [1.165, 1.54) is 19.3 Å². The lowest BCUT2D eigenvalue weighted by molar-refractivity contribution is 0.0903. The Bertz CT molecular complexity index is 456. The monoisotopic (exact) mass is 261 g/mol. The molecule has 1 saturated carbocycles. The maximum atomic E-state index is 12.3. The van der Waals surface area contributed by atoms with Crippen LogP contribution in [0.5, 0.6) is 5.75 Å². The third-order valence-corrected chi connectivity index (χ3v) is 4.30. The molecule has 0 bridgehead atoms. The molecule has 0 aromatic heterocycles. The summed E-state index contributed by atoms with van der Waals surface area (Å²) in [5.74, 6) is 0.720. The molecule has 3 heteroatoms. The summed E-state index contributed by atoms with van der Waals surface area (Å²) in [5.41, 5.74) is 1.24. The Balaban J connectivity index is 2.09. The van der Waals surface area contributed by atoms with E-state index in [1.807, 2.05) is 0 Å². The molecular formula is C16H23NO2. The zero-order valence-corrected chi connectivity index (χ0v) is 11.8. The molecule has 2 atom stereocenters. The lowest BCUT2D eigenvalue weighted by Gasteiger charge is -2.31. The number of carbonyl (C=O) groups is 1. The third-order valence-electron chi connectivity index (χ3n) is 4.30. The minimum Gasteiger partial charge on any atom is -0.508 e. The number of hydrogen-bond acceptors (Lipinski definition) is 2. The van der Waals surface area contributed by atoms with Crippen LogP contribution >= 0.6 is 0 Å². The van der Waals surface area contributed by atoms with Gasteiger partial charge in [0.1, 0.15) is 5.75 Å². The van der Waals surface area contributed by atoms with Gasteiger partial charge in [0.25, 0.3) is 5.91 Å². The van der Waals surface area contributed by atoms with Gasteiger partial charge in [0.05, 0.1) is 0 Å². The molecule has 0 heterocycles. The fourth-order valence-electron chi connectivity index (χ4n) is 3.00. The maximum absolute atomic E-state index is 12.3. The van der Waals surface area contributed by atoms with E-state index in [-0.39, 0.29) is 17.7 Å². The fraction of sp³-hybridized carbons (Fsp3) is 0.562. The van der Waals surface area contributed by atoms with E-state index >= 15 is 0 Å². The molecule has 2 rings (SSSR count). The van der Waals surface area contributed by atoms with Crippen molar-refractivity contribution in [1.82, 2.24) is 5.32 Å². The summed E-state index contributed by atoms with van der Waals surface area (Å²) in [6.45, 7) is 3.97. The molecule has 2 N–H and O–H groups in total. The Morgan fingerprint density at radius 3 is 2.84 bits per heavy atom. The summed E-state index contributed by atoms with van der Waals surface area (Å²) in [7, 11) is 0. The molecule has 1 aromatic carbocycles. The van der Waals surface area contributed by atoms with Gasteiger partial charge in [-0.3, -0.25) is 4.79 Å². The normalized spacial score (nSPS) is 23.1. The molecule has 0 aliphatic heterocycles. The van der Waals surface area contributed by atoms with Crippen LogP contribution in [0, 0.1) is 12.8 Å². The van der Waals surface area contributed by atoms with Crippen molar-refractivity contribution in [2.24, 2.45) is 5.92 Å². The van der Waals surface area contributed by atoms with E-state index in [0.29, 0.717) is 17.0 Å². The highest BCUT2D eigenvalue weighted by molar-refractivity contribution is 5.96. The van der Waals surface area contributed by atoms with Gasteiger partial charge < -0.3 is 10.4 Å². The predicted octanol–water partition coefficient (Wildman–Crippen LogP) is 3.40. The molecule has 104 valence electrons. The van der Waals surface area contributed by atoms with E-state index in [2.05, 4.69) is 12.2 Å². The van der Waals surface area contributed by atoms with Crippen molar-refractivity contribution >= 4 is 5.91 Å². The first-order chi connectivity index (χ1) is 9.13. The molecule has 3 nitrogen and oxygen atoms in total. The van der Waals surface area contributed by atoms with Crippen LogP contribution in [-0.2, 0) is 0 Å². The number of aromatic hydroxyl groups is 1. The van der Waals surface area contributed by atoms with E-state index in [1.54, 1.807) is 25.1 Å². The highest BCUT2D eigenvalue weighted by atomic mass is 16.3. The zero-order valence-electron chi connectivity index (χ0n) is 11.8. The number of carbonyl (C=O) groups excluding carboxylic acids is 1. The molecule has 2 unspecified atom stereocenters. The Hall–Kier alpha value is -1.51. The van der Waals surface area contributed by atoms with Crippen LogP contribution in [0.15, 0.2) is 18.2 Å². The first-order valence-electron chi connectivity index (χ1n) is 7.23. The number of nitrogens with one attached hydrogen (secondary N) is 1. The van der Waals surface area contributed by atoms with Crippen molar-refractivity contribution in [3.63, 3.8) is 0 Å². The van der Waals surface area contributed by atoms with Gasteiger partial charge in [0.2, 0.25) is 0 Å². The van der Waals surface area contributed by atoms with Gasteiger partial charge in [-0.1, -0.05) is 32.3 Å². The second-order valence-electron chi connectivity index (χ2n) is 5.48. The number of amides is 1. The molecule has 1 amide bonds. The third kappa shape index (κ3) is 3.09. The van der Waals surface area contributed by atoms with Crippen molar-refractivity contribution in [3.8, 4) is 5.75 Å². The molecule has 0 saturated heterocycles. The largest absolute Gasteiger partial charge is 0.508 e. The Morgan fingerprint density at radius 2 is 2.11 bits per heavy atom. The second-order valence-corrected chi connectivity index (χ2v) is 5.48. The molecule has 1 aliphatic rings. The highest BCUT2D eigenvalue weighted by Gasteiger charge is 2.25. The van der Waals surface area contributed by atoms with Gasteiger partial charge in [-0.2, -0.15) is 0 Å². The van der Waals surface area contributed by atoms with Gasteiger partial charge >= 0.3 is 0 Å². The van der Waals surface area contributed by atoms with E-state index in [0.717, 1.165) is 12.8 Å². The Kier molecular flexibility index (Phi) is 4.46. The molecule has 0 spiro atoms. The van der Waals surface area contributed by atoms with Gasteiger partial charge in [0, 0.05) is 17.2 Å². The van der Waals surface area contributed by atoms with Crippen molar-refractivity contribution in [1.29, 1.82) is 0 Å². The number of phenols is 1. The molecule has 1 aromatic rings. The Morgan fingerprint density at radius 1 is 1.37 bits per heavy atom. The van der Waals surface area contributed by atoms with Crippen LogP contribution in [0.2, 0.25) is 0 Å². The minimum atomic E-state index is -0.0567. The molecule has 19 heavy (non-hydrogen) atoms. The lowest BCUT2D eigenvalue weighted by atomic mass is 9.82. The zero-order chi connectivity index (χ0) is 13.8. The van der Waals surface area contributed by atoms with Crippen molar-refractivity contribution in [3.05, 3.63) is 29.3 Å². The highest BCUT2D eigenvalue weighted by Crippen LogP contribution is 2.27. The van der Waals surface area contributed by atoms with Gasteiger partial charge in [-0.25, -0.2) is 0 Å². The van der Waals surface area contributed by atoms with Crippen LogP contribution in [0.25, 0.3) is 0 Å². The van der Waals surface area contributed by atoms with Crippen molar-refractivity contribution in [2.45, 2.75) is 52.0 Å². The standard InChI is InChI=1S/C16H23NO2/c1-3-12-7-4-5-9-14(12)17-16(19)13-8-6-10-15(18)11(13)2/h6,8,10,12,14,18H,3-5,7,9H2,1-2H3,(H,17,19). The predicted molar refractivity (Wildman–Crippen MR) is 76.3 cm³/mol. The molecular weight excluding hydrogens is 238 g/mol. The summed E-state index contributed by atoms with van der Waals surface area (Å²) >= 11 is 0. The molecule has 1 aliphatic carbocycles. The second kappa shape index (κ2) is 6.09. The topological polar surface area (TPSA) is 49.3 Å². The Labute approximate surface area is 115 Å². The fourth-order valence-corrected chi connectivity index (χ4v) is 3.00. The number of benzene rings is 1. The maximum Gasteiger partial charge on any atom is 0.251 e. The summed E-state index contributed by atoms with van der Waals surface area (Å²) in [5, 5.41) is 12.8. The first-order valence-corrected chi connectivity index (χ1v) is 7.23.